The Hall–Kier alpha value is -0.670. The highest BCUT2D eigenvalue weighted by Gasteiger charge is 2.21. The van der Waals surface area contributed by atoms with E-state index in [4.69, 9.17) is 5.73 Å². The molecule has 0 saturated heterocycles. The lowest BCUT2D eigenvalue weighted by molar-refractivity contribution is -0.122. The van der Waals surface area contributed by atoms with E-state index < -0.39 is 16.1 Å². The fourth-order valence-electron chi connectivity index (χ4n) is 1.59. The van der Waals surface area contributed by atoms with Gasteiger partial charge in [-0.15, -0.1) is 23.7 Å². The molecule has 1 aromatic rings. The first-order valence-electron chi connectivity index (χ1n) is 6.42. The van der Waals surface area contributed by atoms with Gasteiger partial charge in [-0.25, -0.2) is 8.42 Å². The van der Waals surface area contributed by atoms with Crippen molar-refractivity contribution in [3.05, 3.63) is 17.5 Å². The number of carbonyl (C=O) groups is 1. The summed E-state index contributed by atoms with van der Waals surface area (Å²) >= 11 is 1.17. The number of halogens is 1. The van der Waals surface area contributed by atoms with Crippen LogP contribution in [-0.2, 0) is 14.8 Å². The van der Waals surface area contributed by atoms with Crippen molar-refractivity contribution in [3.8, 4) is 0 Å². The molecule has 0 bridgehead atoms. The van der Waals surface area contributed by atoms with Crippen LogP contribution in [0, 0.1) is 0 Å². The Bertz CT molecular complexity index is 520. The number of nitrogens with one attached hydrogen (secondary N) is 1. The molecule has 0 saturated carbocycles. The van der Waals surface area contributed by atoms with Gasteiger partial charge in [-0.2, -0.15) is 4.31 Å². The summed E-state index contributed by atoms with van der Waals surface area (Å²) in [4.78, 5) is 11.6. The van der Waals surface area contributed by atoms with Gasteiger partial charge in [0.1, 0.15) is 4.21 Å². The van der Waals surface area contributed by atoms with Crippen molar-refractivity contribution < 1.29 is 13.2 Å². The second-order valence-corrected chi connectivity index (χ2v) is 7.66. The maximum absolute atomic E-state index is 12.1. The third kappa shape index (κ3) is 5.91. The van der Waals surface area contributed by atoms with Crippen molar-refractivity contribution in [1.82, 2.24) is 9.62 Å². The lowest BCUT2D eigenvalue weighted by Gasteiger charge is -2.17. The highest BCUT2D eigenvalue weighted by atomic mass is 35.5. The molecule has 1 unspecified atom stereocenters. The van der Waals surface area contributed by atoms with Gasteiger partial charge in [0.25, 0.3) is 10.0 Å². The molecule has 0 spiro atoms. The molecule has 0 aliphatic heterocycles. The standard InChI is InChI=1S/C12H21N3O3S2.ClH/c1-3-5-10(13)12(16)14-7-8-15(2)20(17,18)11-6-4-9-19-11;/h4,6,9-10H,3,5,7-8,13H2,1-2H3,(H,14,16);1H. The molecule has 0 fully saturated rings. The maximum atomic E-state index is 12.1. The number of thiophene rings is 1. The summed E-state index contributed by atoms with van der Waals surface area (Å²) < 4.78 is 25.7. The summed E-state index contributed by atoms with van der Waals surface area (Å²) in [6.45, 7) is 2.41. The number of hydrogen-bond donors (Lipinski definition) is 2. The summed E-state index contributed by atoms with van der Waals surface area (Å²) in [6, 6.07) is 2.72. The molecule has 21 heavy (non-hydrogen) atoms. The zero-order valence-corrected chi connectivity index (χ0v) is 14.6. The van der Waals surface area contributed by atoms with Gasteiger partial charge < -0.3 is 11.1 Å². The number of amides is 1. The maximum Gasteiger partial charge on any atom is 0.252 e. The summed E-state index contributed by atoms with van der Waals surface area (Å²) in [5.74, 6) is -0.242. The topological polar surface area (TPSA) is 92.5 Å². The minimum atomic E-state index is -3.45. The lowest BCUT2D eigenvalue weighted by atomic mass is 10.2. The van der Waals surface area contributed by atoms with Crippen LogP contribution in [0.15, 0.2) is 21.7 Å². The van der Waals surface area contributed by atoms with Crippen LogP contribution in [0.5, 0.6) is 0 Å². The first-order valence-corrected chi connectivity index (χ1v) is 8.74. The van der Waals surface area contributed by atoms with Crippen molar-refractivity contribution in [2.45, 2.75) is 30.0 Å². The van der Waals surface area contributed by atoms with Gasteiger partial charge in [0.05, 0.1) is 6.04 Å². The van der Waals surface area contributed by atoms with E-state index in [-0.39, 0.29) is 31.4 Å². The van der Waals surface area contributed by atoms with E-state index in [0.717, 1.165) is 6.42 Å². The Kier molecular flexibility index (Phi) is 9.07. The molecule has 1 atom stereocenters. The number of rotatable bonds is 8. The van der Waals surface area contributed by atoms with Gasteiger partial charge in [-0.05, 0) is 17.9 Å². The van der Waals surface area contributed by atoms with Crippen molar-refractivity contribution in [1.29, 1.82) is 0 Å². The molecule has 0 aromatic carbocycles. The van der Waals surface area contributed by atoms with E-state index in [2.05, 4.69) is 5.32 Å². The van der Waals surface area contributed by atoms with Crippen LogP contribution in [0.2, 0.25) is 0 Å². The Balaban J connectivity index is 0.00000400. The molecule has 1 rings (SSSR count). The Morgan fingerprint density at radius 2 is 2.19 bits per heavy atom. The van der Waals surface area contributed by atoms with Crippen LogP contribution >= 0.6 is 23.7 Å². The van der Waals surface area contributed by atoms with Crippen LogP contribution in [0.25, 0.3) is 0 Å². The molecule has 3 N–H and O–H groups in total. The molecule has 0 aliphatic carbocycles. The number of hydrogen-bond acceptors (Lipinski definition) is 5. The Morgan fingerprint density at radius 1 is 1.52 bits per heavy atom. The Morgan fingerprint density at radius 3 is 2.71 bits per heavy atom. The molecule has 122 valence electrons. The lowest BCUT2D eigenvalue weighted by Crippen LogP contribution is -2.43. The molecule has 0 radical (unpaired) electrons. The molecule has 6 nitrogen and oxygen atoms in total. The third-order valence-electron chi connectivity index (χ3n) is 2.82. The van der Waals surface area contributed by atoms with Gasteiger partial charge in [0.15, 0.2) is 0 Å². The SMILES string of the molecule is CCCC(N)C(=O)NCCN(C)S(=O)(=O)c1cccs1.Cl. The second-order valence-electron chi connectivity index (χ2n) is 4.44. The predicted octanol–water partition coefficient (Wildman–Crippen LogP) is 1.03. The van der Waals surface area contributed by atoms with E-state index in [1.807, 2.05) is 6.92 Å². The number of sulfonamides is 1. The molecule has 1 amide bonds. The number of carbonyl (C=O) groups excluding carboxylic acids is 1. The highest BCUT2D eigenvalue weighted by Crippen LogP contribution is 2.19. The van der Waals surface area contributed by atoms with Gasteiger partial charge in [-0.1, -0.05) is 19.4 Å². The molecule has 0 aliphatic rings. The smallest absolute Gasteiger partial charge is 0.252 e. The third-order valence-corrected chi connectivity index (χ3v) is 6.05. The van der Waals surface area contributed by atoms with Gasteiger partial charge in [0.2, 0.25) is 5.91 Å². The summed E-state index contributed by atoms with van der Waals surface area (Å²) in [7, 11) is -1.96. The van der Waals surface area contributed by atoms with E-state index in [9.17, 15) is 13.2 Å². The average molecular weight is 356 g/mol. The van der Waals surface area contributed by atoms with Crippen LogP contribution in [0.3, 0.4) is 0 Å². The highest BCUT2D eigenvalue weighted by molar-refractivity contribution is 7.91. The van der Waals surface area contributed by atoms with Crippen molar-refractivity contribution in [2.24, 2.45) is 5.73 Å². The van der Waals surface area contributed by atoms with Crippen LogP contribution in [-0.4, -0.2) is 44.8 Å². The second kappa shape index (κ2) is 9.37. The summed E-state index contributed by atoms with van der Waals surface area (Å²) in [5, 5.41) is 4.36. The summed E-state index contributed by atoms with van der Waals surface area (Å²) in [6.07, 6.45) is 1.45. The Labute approximate surface area is 136 Å². The van der Waals surface area contributed by atoms with E-state index in [1.54, 1.807) is 17.5 Å². The van der Waals surface area contributed by atoms with Crippen LogP contribution in [0.4, 0.5) is 0 Å². The zero-order chi connectivity index (χ0) is 15.2. The fourth-order valence-corrected chi connectivity index (χ4v) is 3.97. The zero-order valence-electron chi connectivity index (χ0n) is 12.1. The predicted molar refractivity (Wildman–Crippen MR) is 87.3 cm³/mol. The number of nitrogens with zero attached hydrogens (tertiary/aromatic N) is 1. The van der Waals surface area contributed by atoms with Crippen molar-refractivity contribution >= 4 is 39.7 Å². The first-order chi connectivity index (χ1) is 9.39. The molecule has 9 heteroatoms. The fraction of sp³-hybridized carbons (Fsp3) is 0.583. The van der Waals surface area contributed by atoms with Gasteiger partial charge in [-0.3, -0.25) is 4.79 Å². The minimum Gasteiger partial charge on any atom is -0.353 e. The molecule has 1 aromatic heterocycles. The van der Waals surface area contributed by atoms with Crippen LogP contribution < -0.4 is 11.1 Å². The first kappa shape index (κ1) is 20.3. The van der Waals surface area contributed by atoms with E-state index in [0.29, 0.717) is 10.6 Å². The minimum absolute atomic E-state index is 0. The molecular formula is C12H22ClN3O3S2. The van der Waals surface area contributed by atoms with Crippen LogP contribution in [0.1, 0.15) is 19.8 Å². The number of nitrogens with two attached hydrogens (primary N) is 1. The van der Waals surface area contributed by atoms with Crippen molar-refractivity contribution in [2.75, 3.05) is 20.1 Å². The van der Waals surface area contributed by atoms with Gasteiger partial charge in [0, 0.05) is 20.1 Å². The largest absolute Gasteiger partial charge is 0.353 e. The van der Waals surface area contributed by atoms with E-state index in [1.165, 1.54) is 22.7 Å². The molecular weight excluding hydrogens is 334 g/mol. The molecule has 1 heterocycles. The quantitative estimate of drug-likeness (QED) is 0.728. The summed E-state index contributed by atoms with van der Waals surface area (Å²) in [5.41, 5.74) is 5.67. The monoisotopic (exact) mass is 355 g/mol. The normalized spacial score (nSPS) is 12.8. The average Bonchev–Trinajstić information content (AvgIpc) is 2.93. The number of likely N-dealkylation sites (N-methyl/N-ethyl adjacent to an activating group) is 1. The van der Waals surface area contributed by atoms with Crippen molar-refractivity contribution in [3.63, 3.8) is 0 Å². The van der Waals surface area contributed by atoms with Gasteiger partial charge >= 0.3 is 0 Å². The van der Waals surface area contributed by atoms with E-state index >= 15 is 0 Å².